The highest BCUT2D eigenvalue weighted by Crippen LogP contribution is 2.57. The second-order valence-corrected chi connectivity index (χ2v) is 13.8. The summed E-state index contributed by atoms with van der Waals surface area (Å²) in [6.07, 6.45) is 0. The van der Waals surface area contributed by atoms with Gasteiger partial charge in [-0.05, 0) is 88.3 Å². The van der Waals surface area contributed by atoms with Crippen molar-refractivity contribution in [3.05, 3.63) is 222 Å². The maximum Gasteiger partial charge on any atom is 0.143 e. The average Bonchev–Trinajstić information content (AvgIpc) is 3.74. The Bertz CT molecular complexity index is 2690. The van der Waals surface area contributed by atoms with E-state index in [2.05, 4.69) is 194 Å². The number of aryl methyl sites for hydroxylation is 1. The second-order valence-electron chi connectivity index (χ2n) is 13.8. The van der Waals surface area contributed by atoms with Crippen molar-refractivity contribution in [1.29, 1.82) is 0 Å². The normalized spacial score (nSPS) is 12.9. The van der Waals surface area contributed by atoms with Crippen molar-refractivity contribution >= 4 is 39.0 Å². The molecule has 0 bridgehead atoms. The maximum atomic E-state index is 6.42. The number of hydrogen-bond acceptors (Lipinski definition) is 2. The molecule has 1 heterocycles. The SMILES string of the molecule is Cc1ccc(N(c2ccc(-c3cccc4c3oc3ccccc34)cc2)c2ccc3c(c2)C(c2ccccc2)(c2ccccc2)c2ccccc2-3)cc1. The lowest BCUT2D eigenvalue weighted by molar-refractivity contribution is 0.670. The molecule has 0 saturated carbocycles. The molecule has 1 aromatic heterocycles. The predicted molar refractivity (Wildman–Crippen MR) is 216 cm³/mol. The minimum atomic E-state index is -0.474. The van der Waals surface area contributed by atoms with E-state index in [4.69, 9.17) is 4.42 Å². The van der Waals surface area contributed by atoms with Gasteiger partial charge in [-0.15, -0.1) is 0 Å². The molecule has 0 saturated heterocycles. The van der Waals surface area contributed by atoms with Crippen LogP contribution < -0.4 is 4.90 Å². The summed E-state index contributed by atoms with van der Waals surface area (Å²) in [6.45, 7) is 2.14. The van der Waals surface area contributed by atoms with Crippen LogP contribution in [-0.2, 0) is 5.41 Å². The van der Waals surface area contributed by atoms with Gasteiger partial charge in [0.15, 0.2) is 0 Å². The first-order valence-electron chi connectivity index (χ1n) is 17.9. The number of hydrogen-bond donors (Lipinski definition) is 0. The quantitative estimate of drug-likeness (QED) is 0.176. The first kappa shape index (κ1) is 30.2. The smallest absolute Gasteiger partial charge is 0.143 e. The molecule has 0 radical (unpaired) electrons. The lowest BCUT2D eigenvalue weighted by atomic mass is 9.67. The molecule has 2 heteroatoms. The fourth-order valence-electron chi connectivity index (χ4n) is 8.48. The van der Waals surface area contributed by atoms with E-state index in [1.54, 1.807) is 0 Å². The molecule has 9 aromatic rings. The van der Waals surface area contributed by atoms with Gasteiger partial charge >= 0.3 is 0 Å². The standard InChI is InChI=1S/C50H35NO/c1-34-23-27-38(28-24-34)51(39-29-25-35(26-30-39)41-19-12-20-45-44-18-9-11-22-48(44)52-49(41)45)40-31-32-43-42-17-8-10-21-46(42)50(47(43)33-40,36-13-4-2-5-14-36)37-15-6-3-7-16-37/h2-33H,1H3. The van der Waals surface area contributed by atoms with E-state index in [0.29, 0.717) is 0 Å². The summed E-state index contributed by atoms with van der Waals surface area (Å²) in [5.41, 5.74) is 15.8. The van der Waals surface area contributed by atoms with Gasteiger partial charge in [0.05, 0.1) is 5.41 Å². The highest BCUT2D eigenvalue weighted by atomic mass is 16.3. The van der Waals surface area contributed by atoms with Crippen molar-refractivity contribution in [1.82, 2.24) is 0 Å². The molecule has 1 aliphatic carbocycles. The summed E-state index contributed by atoms with van der Waals surface area (Å²) in [7, 11) is 0. The Morgan fingerprint density at radius 2 is 0.981 bits per heavy atom. The van der Waals surface area contributed by atoms with Crippen molar-refractivity contribution < 1.29 is 4.42 Å². The van der Waals surface area contributed by atoms with Crippen LogP contribution in [0.4, 0.5) is 17.1 Å². The van der Waals surface area contributed by atoms with E-state index in [0.717, 1.165) is 50.1 Å². The summed E-state index contributed by atoms with van der Waals surface area (Å²) >= 11 is 0. The van der Waals surface area contributed by atoms with E-state index in [9.17, 15) is 0 Å². The van der Waals surface area contributed by atoms with Crippen LogP contribution in [0.25, 0.3) is 44.2 Å². The minimum absolute atomic E-state index is 0.474. The first-order chi connectivity index (χ1) is 25.7. The van der Waals surface area contributed by atoms with Gasteiger partial charge in [-0.3, -0.25) is 0 Å². The van der Waals surface area contributed by atoms with E-state index < -0.39 is 5.41 Å². The van der Waals surface area contributed by atoms with Crippen molar-refractivity contribution in [3.63, 3.8) is 0 Å². The van der Waals surface area contributed by atoms with Gasteiger partial charge in [-0.1, -0.05) is 157 Å². The molecule has 0 amide bonds. The highest BCUT2D eigenvalue weighted by Gasteiger charge is 2.46. The van der Waals surface area contributed by atoms with Gasteiger partial charge in [0.1, 0.15) is 11.2 Å². The van der Waals surface area contributed by atoms with Crippen LogP contribution in [-0.4, -0.2) is 0 Å². The molecule has 0 unspecified atom stereocenters. The third kappa shape index (κ3) is 4.58. The van der Waals surface area contributed by atoms with Crippen LogP contribution in [0.1, 0.15) is 27.8 Å². The second kappa shape index (κ2) is 12.0. The van der Waals surface area contributed by atoms with Gasteiger partial charge in [0.25, 0.3) is 0 Å². The third-order valence-corrected chi connectivity index (χ3v) is 10.8. The van der Waals surface area contributed by atoms with E-state index in [1.165, 1.54) is 38.9 Å². The summed E-state index contributed by atoms with van der Waals surface area (Å²) in [5.74, 6) is 0. The zero-order valence-electron chi connectivity index (χ0n) is 28.8. The van der Waals surface area contributed by atoms with Gasteiger partial charge < -0.3 is 9.32 Å². The summed E-state index contributed by atoms with van der Waals surface area (Å²) in [4.78, 5) is 2.38. The van der Waals surface area contributed by atoms with E-state index >= 15 is 0 Å². The van der Waals surface area contributed by atoms with Gasteiger partial charge in [0, 0.05) is 33.4 Å². The molecule has 2 nitrogen and oxygen atoms in total. The Balaban J connectivity index is 1.16. The average molecular weight is 666 g/mol. The first-order valence-corrected chi connectivity index (χ1v) is 17.9. The monoisotopic (exact) mass is 665 g/mol. The number of para-hydroxylation sites is 2. The van der Waals surface area contributed by atoms with E-state index in [-0.39, 0.29) is 0 Å². The molecule has 8 aromatic carbocycles. The lowest BCUT2D eigenvalue weighted by Gasteiger charge is -2.35. The van der Waals surface area contributed by atoms with Crippen LogP contribution >= 0.6 is 0 Å². The van der Waals surface area contributed by atoms with Crippen molar-refractivity contribution in [3.8, 4) is 22.3 Å². The Kier molecular flexibility index (Phi) is 6.97. The number of fused-ring (bicyclic) bond motifs is 6. The van der Waals surface area contributed by atoms with Crippen LogP contribution in [0.15, 0.2) is 199 Å². The molecule has 0 aliphatic heterocycles. The fraction of sp³-hybridized carbons (Fsp3) is 0.0400. The molecular formula is C50H35NO. The summed E-state index contributed by atoms with van der Waals surface area (Å²) < 4.78 is 6.42. The number of benzene rings is 8. The van der Waals surface area contributed by atoms with Crippen molar-refractivity contribution in [2.24, 2.45) is 0 Å². The summed E-state index contributed by atoms with van der Waals surface area (Å²) in [5, 5.41) is 2.28. The molecule has 10 rings (SSSR count). The highest BCUT2D eigenvalue weighted by molar-refractivity contribution is 6.09. The lowest BCUT2D eigenvalue weighted by Crippen LogP contribution is -2.28. The van der Waals surface area contributed by atoms with Crippen molar-refractivity contribution in [2.75, 3.05) is 4.90 Å². The molecule has 0 N–H and O–H groups in total. The van der Waals surface area contributed by atoms with Crippen LogP contribution in [0.2, 0.25) is 0 Å². The molecule has 0 atom stereocenters. The predicted octanol–water partition coefficient (Wildman–Crippen LogP) is 13.4. The zero-order valence-corrected chi connectivity index (χ0v) is 28.8. The topological polar surface area (TPSA) is 16.4 Å². The Morgan fingerprint density at radius 1 is 0.423 bits per heavy atom. The van der Waals surface area contributed by atoms with Gasteiger partial charge in [-0.2, -0.15) is 0 Å². The van der Waals surface area contributed by atoms with Crippen molar-refractivity contribution in [2.45, 2.75) is 12.3 Å². The fourth-order valence-corrected chi connectivity index (χ4v) is 8.48. The van der Waals surface area contributed by atoms with Gasteiger partial charge in [0.2, 0.25) is 0 Å². The van der Waals surface area contributed by atoms with Crippen LogP contribution in [0.3, 0.4) is 0 Å². The number of anilines is 3. The van der Waals surface area contributed by atoms with Gasteiger partial charge in [-0.25, -0.2) is 0 Å². The molecule has 246 valence electrons. The molecule has 52 heavy (non-hydrogen) atoms. The maximum absolute atomic E-state index is 6.42. The molecular weight excluding hydrogens is 631 g/mol. The zero-order chi connectivity index (χ0) is 34.6. The molecule has 0 spiro atoms. The number of furan rings is 1. The number of rotatable bonds is 6. The van der Waals surface area contributed by atoms with Crippen LogP contribution in [0.5, 0.6) is 0 Å². The Hall–Kier alpha value is -6.64. The summed E-state index contributed by atoms with van der Waals surface area (Å²) in [6, 6.07) is 70.4. The Labute approximate surface area is 303 Å². The molecule has 1 aliphatic rings. The number of nitrogens with zero attached hydrogens (tertiary/aromatic N) is 1. The Morgan fingerprint density at radius 3 is 1.71 bits per heavy atom. The molecule has 0 fully saturated rings. The minimum Gasteiger partial charge on any atom is -0.455 e. The van der Waals surface area contributed by atoms with E-state index in [1.807, 2.05) is 12.1 Å². The van der Waals surface area contributed by atoms with Crippen LogP contribution in [0, 0.1) is 6.92 Å². The largest absolute Gasteiger partial charge is 0.455 e. The third-order valence-electron chi connectivity index (χ3n) is 10.8.